The normalized spacial score (nSPS) is 11.2. The van der Waals surface area contributed by atoms with Crippen molar-refractivity contribution >= 4 is 35.4 Å². The largest absolute Gasteiger partial charge is 0.493 e. The minimum atomic E-state index is -0.550. The van der Waals surface area contributed by atoms with Crippen molar-refractivity contribution in [1.29, 1.82) is 0 Å². The van der Waals surface area contributed by atoms with Crippen LogP contribution in [0.4, 0.5) is 5.69 Å². The Balaban J connectivity index is 1.54. The smallest absolute Gasteiger partial charge is 0.272 e. The van der Waals surface area contributed by atoms with Gasteiger partial charge in [0.05, 0.1) is 20.5 Å². The quantitative estimate of drug-likeness (QED) is 0.207. The van der Waals surface area contributed by atoms with Crippen LogP contribution in [-0.4, -0.2) is 31.8 Å². The van der Waals surface area contributed by atoms with Gasteiger partial charge in [-0.05, 0) is 84.5 Å². The zero-order valence-electron chi connectivity index (χ0n) is 21.3. The Labute approximate surface area is 225 Å². The summed E-state index contributed by atoms with van der Waals surface area (Å²) in [6, 6.07) is 23.6. The summed E-state index contributed by atoms with van der Waals surface area (Å²) in [5, 5.41) is 5.46. The molecule has 39 heavy (non-hydrogen) atoms. The van der Waals surface area contributed by atoms with E-state index in [0.717, 1.165) is 0 Å². The third-order valence-corrected chi connectivity index (χ3v) is 5.62. The minimum absolute atomic E-state index is 0.0117. The molecule has 0 saturated heterocycles. The fourth-order valence-electron chi connectivity index (χ4n) is 3.61. The lowest BCUT2D eigenvalue weighted by Crippen LogP contribution is -2.30. The number of carbonyl (C=O) groups excluding carboxylic acids is 3. The van der Waals surface area contributed by atoms with Crippen LogP contribution < -0.4 is 20.1 Å². The number of hydrogen-bond donors (Lipinski definition) is 2. The monoisotopic (exact) mass is 522 g/mol. The number of hydrogen-bond acceptors (Lipinski definition) is 6. The van der Waals surface area contributed by atoms with Crippen LogP contribution in [-0.2, 0) is 4.79 Å². The molecule has 3 aromatic carbocycles. The molecule has 0 bridgehead atoms. The molecular weight excluding hydrogens is 496 g/mol. The van der Waals surface area contributed by atoms with Crippen molar-refractivity contribution in [1.82, 2.24) is 5.32 Å². The average Bonchev–Trinajstić information content (AvgIpc) is 3.50. The standard InChI is InChI=1S/C31H26N2O6/c1-37-28-17-10-21(20-29(28)38-2)19-26(33-30(35)23-7-4-3-5-8-23)31(36)32-24-13-11-22(12-14-24)27(34)16-15-25-9-6-18-39-25/h3-20H,1-2H3,(H,32,36)(H,33,35)/b16-15+,26-19-. The molecule has 0 aliphatic heterocycles. The van der Waals surface area contributed by atoms with Crippen molar-refractivity contribution in [3.63, 3.8) is 0 Å². The number of carbonyl (C=O) groups is 3. The molecule has 0 saturated carbocycles. The second-order valence-corrected chi connectivity index (χ2v) is 8.24. The van der Waals surface area contributed by atoms with Gasteiger partial charge in [0, 0.05) is 16.8 Å². The summed E-state index contributed by atoms with van der Waals surface area (Å²) in [7, 11) is 3.04. The second-order valence-electron chi connectivity index (χ2n) is 8.24. The fraction of sp³-hybridized carbons (Fsp3) is 0.0645. The first-order chi connectivity index (χ1) is 19.0. The number of anilines is 1. The first-order valence-electron chi connectivity index (χ1n) is 11.9. The summed E-state index contributed by atoms with van der Waals surface area (Å²) >= 11 is 0. The summed E-state index contributed by atoms with van der Waals surface area (Å²) in [6.07, 6.45) is 6.06. The topological polar surface area (TPSA) is 107 Å². The lowest BCUT2D eigenvalue weighted by Gasteiger charge is -2.13. The minimum Gasteiger partial charge on any atom is -0.493 e. The number of ketones is 1. The van der Waals surface area contributed by atoms with Crippen LogP contribution in [0, 0.1) is 0 Å². The Morgan fingerprint density at radius 2 is 1.54 bits per heavy atom. The lowest BCUT2D eigenvalue weighted by atomic mass is 10.1. The van der Waals surface area contributed by atoms with Crippen molar-refractivity contribution in [2.75, 3.05) is 19.5 Å². The van der Waals surface area contributed by atoms with Crippen molar-refractivity contribution in [2.24, 2.45) is 0 Å². The van der Waals surface area contributed by atoms with Gasteiger partial charge in [-0.2, -0.15) is 0 Å². The van der Waals surface area contributed by atoms with Gasteiger partial charge in [-0.25, -0.2) is 0 Å². The molecule has 0 atom stereocenters. The fourth-order valence-corrected chi connectivity index (χ4v) is 3.61. The van der Waals surface area contributed by atoms with Gasteiger partial charge in [-0.3, -0.25) is 14.4 Å². The van der Waals surface area contributed by atoms with Crippen LogP contribution in [0.1, 0.15) is 32.0 Å². The summed E-state index contributed by atoms with van der Waals surface area (Å²) in [5.41, 5.74) is 1.90. The van der Waals surface area contributed by atoms with Crippen molar-refractivity contribution in [3.8, 4) is 11.5 Å². The Morgan fingerprint density at radius 3 is 2.21 bits per heavy atom. The molecule has 1 heterocycles. The summed E-state index contributed by atoms with van der Waals surface area (Å²) in [4.78, 5) is 38.6. The maximum atomic E-state index is 13.3. The zero-order valence-corrected chi connectivity index (χ0v) is 21.3. The summed E-state index contributed by atoms with van der Waals surface area (Å²) in [6.45, 7) is 0. The molecule has 0 unspecified atom stereocenters. The van der Waals surface area contributed by atoms with Gasteiger partial charge in [0.1, 0.15) is 11.5 Å². The Bertz CT molecular complexity index is 1500. The number of rotatable bonds is 10. The van der Waals surface area contributed by atoms with Gasteiger partial charge in [0.2, 0.25) is 0 Å². The van der Waals surface area contributed by atoms with Crippen LogP contribution in [0.15, 0.2) is 107 Å². The third kappa shape index (κ3) is 7.11. The molecule has 0 fully saturated rings. The lowest BCUT2D eigenvalue weighted by molar-refractivity contribution is -0.113. The Morgan fingerprint density at radius 1 is 0.795 bits per heavy atom. The van der Waals surface area contributed by atoms with E-state index in [-0.39, 0.29) is 11.5 Å². The van der Waals surface area contributed by atoms with Crippen LogP contribution in [0.25, 0.3) is 12.2 Å². The Hall–Kier alpha value is -5.37. The average molecular weight is 523 g/mol. The van der Waals surface area contributed by atoms with E-state index >= 15 is 0 Å². The zero-order chi connectivity index (χ0) is 27.6. The van der Waals surface area contributed by atoms with Crippen molar-refractivity contribution in [2.45, 2.75) is 0 Å². The Kier molecular flexibility index (Phi) is 8.71. The van der Waals surface area contributed by atoms with Crippen molar-refractivity contribution < 1.29 is 28.3 Å². The molecule has 0 radical (unpaired) electrons. The highest BCUT2D eigenvalue weighted by Crippen LogP contribution is 2.28. The molecule has 0 aliphatic rings. The van der Waals surface area contributed by atoms with Crippen LogP contribution in [0.5, 0.6) is 11.5 Å². The molecule has 0 spiro atoms. The van der Waals surface area contributed by atoms with E-state index in [2.05, 4.69) is 10.6 Å². The van der Waals surface area contributed by atoms with Gasteiger partial charge in [-0.15, -0.1) is 0 Å². The first kappa shape index (κ1) is 26.7. The van der Waals surface area contributed by atoms with Gasteiger partial charge >= 0.3 is 0 Å². The predicted octanol–water partition coefficient (Wildman–Crippen LogP) is 5.60. The van der Waals surface area contributed by atoms with E-state index in [0.29, 0.717) is 39.6 Å². The molecule has 4 aromatic rings. The number of ether oxygens (including phenoxy) is 2. The summed E-state index contributed by atoms with van der Waals surface area (Å²) in [5.74, 6) is 0.365. The number of amides is 2. The molecule has 0 aliphatic carbocycles. The first-order valence-corrected chi connectivity index (χ1v) is 11.9. The molecule has 2 N–H and O–H groups in total. The van der Waals surface area contributed by atoms with E-state index in [1.807, 2.05) is 0 Å². The van der Waals surface area contributed by atoms with E-state index in [1.165, 1.54) is 32.6 Å². The van der Waals surface area contributed by atoms with E-state index in [9.17, 15) is 14.4 Å². The van der Waals surface area contributed by atoms with Crippen molar-refractivity contribution in [3.05, 3.63) is 125 Å². The van der Waals surface area contributed by atoms with Gasteiger partial charge in [-0.1, -0.05) is 24.3 Å². The summed E-state index contributed by atoms with van der Waals surface area (Å²) < 4.78 is 15.8. The van der Waals surface area contributed by atoms with E-state index in [4.69, 9.17) is 13.9 Å². The van der Waals surface area contributed by atoms with Gasteiger partial charge < -0.3 is 24.5 Å². The SMILES string of the molecule is COc1ccc(/C=C(\NC(=O)c2ccccc2)C(=O)Nc2ccc(C(=O)/C=C/c3ccco3)cc2)cc1OC. The predicted molar refractivity (Wildman–Crippen MR) is 149 cm³/mol. The van der Waals surface area contributed by atoms with Crippen LogP contribution in [0.2, 0.25) is 0 Å². The van der Waals surface area contributed by atoms with Crippen LogP contribution in [0.3, 0.4) is 0 Å². The third-order valence-electron chi connectivity index (χ3n) is 5.62. The number of nitrogens with one attached hydrogen (secondary N) is 2. The molecule has 1 aromatic heterocycles. The molecular formula is C31H26N2O6. The number of furan rings is 1. The maximum absolute atomic E-state index is 13.3. The molecule has 8 heteroatoms. The highest BCUT2D eigenvalue weighted by Gasteiger charge is 2.16. The van der Waals surface area contributed by atoms with E-state index < -0.39 is 11.8 Å². The maximum Gasteiger partial charge on any atom is 0.272 e. The highest BCUT2D eigenvalue weighted by molar-refractivity contribution is 6.11. The number of benzene rings is 3. The van der Waals surface area contributed by atoms with E-state index in [1.54, 1.807) is 91.0 Å². The number of methoxy groups -OCH3 is 2. The molecule has 196 valence electrons. The van der Waals surface area contributed by atoms with Crippen LogP contribution >= 0.6 is 0 Å². The second kappa shape index (κ2) is 12.7. The molecule has 8 nitrogen and oxygen atoms in total. The molecule has 2 amide bonds. The highest BCUT2D eigenvalue weighted by atomic mass is 16.5. The van der Waals surface area contributed by atoms with Gasteiger partial charge in [0.15, 0.2) is 17.3 Å². The van der Waals surface area contributed by atoms with Gasteiger partial charge in [0.25, 0.3) is 11.8 Å². The molecule has 4 rings (SSSR count). The number of allylic oxidation sites excluding steroid dienone is 1.